The maximum absolute atomic E-state index is 12.7. The van der Waals surface area contributed by atoms with Crippen molar-refractivity contribution in [2.24, 2.45) is 46.8 Å². The maximum Gasteiger partial charge on any atom is 0.161 e. The lowest BCUT2D eigenvalue weighted by atomic mass is 9.69. The smallest absolute Gasteiger partial charge is 0.161 e. The average molecular weight is 435 g/mol. The lowest BCUT2D eigenvalue weighted by Crippen LogP contribution is -2.30. The van der Waals surface area contributed by atoms with Crippen molar-refractivity contribution in [3.63, 3.8) is 0 Å². The molecule has 2 rings (SSSR count). The van der Waals surface area contributed by atoms with E-state index in [0.29, 0.717) is 36.0 Å². The molecule has 0 bridgehead atoms. The molecule has 0 saturated heterocycles. The highest BCUT2D eigenvalue weighted by Gasteiger charge is 2.32. The van der Waals surface area contributed by atoms with Gasteiger partial charge in [0.05, 0.1) is 0 Å². The van der Waals surface area contributed by atoms with Crippen LogP contribution in [-0.4, -0.2) is 17.0 Å². The third kappa shape index (κ3) is 8.82. The first kappa shape index (κ1) is 26.9. The molecule has 2 saturated carbocycles. The van der Waals surface area contributed by atoms with E-state index >= 15 is 0 Å². The van der Waals surface area contributed by atoms with E-state index in [-0.39, 0.29) is 5.78 Å². The third-order valence-corrected chi connectivity index (χ3v) is 9.24. The van der Waals surface area contributed by atoms with Gasteiger partial charge < -0.3 is 5.11 Å². The fourth-order valence-corrected chi connectivity index (χ4v) is 6.45. The van der Waals surface area contributed by atoms with Gasteiger partial charge in [0.25, 0.3) is 0 Å². The topological polar surface area (TPSA) is 37.3 Å². The number of Topliss-reactive ketones (excluding diaryl/α,β-unsaturated/α-hetero) is 1. The summed E-state index contributed by atoms with van der Waals surface area (Å²) in [6.07, 6.45) is 13.2. The predicted octanol–water partition coefficient (Wildman–Crippen LogP) is 8.06. The van der Waals surface area contributed by atoms with Crippen LogP contribution in [0.15, 0.2) is 0 Å². The largest absolute Gasteiger partial charge is 0.385 e. The molecule has 0 spiro atoms. The number of aliphatic hydroxyl groups is 1. The van der Waals surface area contributed by atoms with Crippen LogP contribution < -0.4 is 0 Å². The number of hydrogen-bond donors (Lipinski definition) is 1. The van der Waals surface area contributed by atoms with Gasteiger partial charge in [-0.2, -0.15) is 0 Å². The fourth-order valence-electron chi connectivity index (χ4n) is 6.45. The van der Waals surface area contributed by atoms with E-state index in [2.05, 4.69) is 48.5 Å². The number of rotatable bonds is 10. The molecular weight excluding hydrogens is 380 g/mol. The first-order chi connectivity index (χ1) is 14.5. The van der Waals surface area contributed by atoms with Crippen LogP contribution >= 0.6 is 0 Å². The van der Waals surface area contributed by atoms with E-state index in [1.54, 1.807) is 0 Å². The quantitative estimate of drug-likeness (QED) is 0.377. The predicted molar refractivity (Wildman–Crippen MR) is 133 cm³/mol. The van der Waals surface area contributed by atoms with Crippen molar-refractivity contribution in [3.8, 4) is 0 Å². The van der Waals surface area contributed by atoms with Crippen LogP contribution in [0.1, 0.15) is 126 Å². The molecule has 3 atom stereocenters. The van der Waals surface area contributed by atoms with Crippen LogP contribution in [0.25, 0.3) is 0 Å². The number of carbonyl (C=O) groups is 1. The SMILES string of the molecule is CC1CCC([C@@H](C)CC(CCC(=O)C(O)CC2CCC(C(C)(C)C)CC2)C(C)C)CC1. The summed E-state index contributed by atoms with van der Waals surface area (Å²) in [6, 6.07) is 0. The number of ketones is 1. The van der Waals surface area contributed by atoms with Crippen molar-refractivity contribution in [1.29, 1.82) is 0 Å². The molecule has 31 heavy (non-hydrogen) atoms. The van der Waals surface area contributed by atoms with E-state index in [1.807, 2.05) is 0 Å². The fraction of sp³-hybridized carbons (Fsp3) is 0.966. The van der Waals surface area contributed by atoms with Gasteiger partial charge in [-0.15, -0.1) is 0 Å². The minimum atomic E-state index is -0.735. The normalized spacial score (nSPS) is 30.7. The highest BCUT2D eigenvalue weighted by Crippen LogP contribution is 2.41. The Balaban J connectivity index is 1.74. The van der Waals surface area contributed by atoms with E-state index in [9.17, 15) is 9.90 Å². The van der Waals surface area contributed by atoms with E-state index < -0.39 is 6.10 Å². The van der Waals surface area contributed by atoms with Crippen LogP contribution in [0.3, 0.4) is 0 Å². The van der Waals surface area contributed by atoms with Gasteiger partial charge in [0.15, 0.2) is 5.78 Å². The number of aliphatic hydroxyl groups excluding tert-OH is 1. The lowest BCUT2D eigenvalue weighted by Gasteiger charge is -2.37. The Hall–Kier alpha value is -0.370. The second kappa shape index (κ2) is 12.2. The molecule has 0 aromatic heterocycles. The van der Waals surface area contributed by atoms with Crippen LogP contribution in [0, 0.1) is 46.8 Å². The molecule has 2 heteroatoms. The summed E-state index contributed by atoms with van der Waals surface area (Å²) in [7, 11) is 0. The average Bonchev–Trinajstić information content (AvgIpc) is 2.70. The molecule has 2 aliphatic carbocycles. The van der Waals surface area contributed by atoms with Gasteiger partial charge in [0.2, 0.25) is 0 Å². The summed E-state index contributed by atoms with van der Waals surface area (Å²) in [5.74, 6) is 5.19. The van der Waals surface area contributed by atoms with Crippen molar-refractivity contribution in [2.45, 2.75) is 132 Å². The van der Waals surface area contributed by atoms with Gasteiger partial charge in [-0.05, 0) is 91.8 Å². The van der Waals surface area contributed by atoms with Crippen molar-refractivity contribution in [1.82, 2.24) is 0 Å². The Labute approximate surface area is 194 Å². The van der Waals surface area contributed by atoms with Gasteiger partial charge in [0, 0.05) is 6.42 Å². The molecular formula is C29H54O2. The van der Waals surface area contributed by atoms with Crippen molar-refractivity contribution in [2.75, 3.05) is 0 Å². The maximum atomic E-state index is 12.7. The van der Waals surface area contributed by atoms with Gasteiger partial charge in [-0.1, -0.05) is 74.1 Å². The van der Waals surface area contributed by atoms with Crippen molar-refractivity contribution in [3.05, 3.63) is 0 Å². The molecule has 1 N–H and O–H groups in total. The van der Waals surface area contributed by atoms with Crippen molar-refractivity contribution >= 4 is 5.78 Å². The highest BCUT2D eigenvalue weighted by molar-refractivity contribution is 5.82. The van der Waals surface area contributed by atoms with Crippen LogP contribution in [0.5, 0.6) is 0 Å². The zero-order valence-electron chi connectivity index (χ0n) is 22.0. The van der Waals surface area contributed by atoms with E-state index in [0.717, 1.165) is 30.1 Å². The summed E-state index contributed by atoms with van der Waals surface area (Å²) in [4.78, 5) is 12.7. The molecule has 0 amide bonds. The summed E-state index contributed by atoms with van der Waals surface area (Å²) < 4.78 is 0. The molecule has 0 aromatic carbocycles. The van der Waals surface area contributed by atoms with Gasteiger partial charge in [0.1, 0.15) is 6.10 Å². The molecule has 2 fully saturated rings. The summed E-state index contributed by atoms with van der Waals surface area (Å²) in [5, 5.41) is 10.6. The van der Waals surface area contributed by atoms with Crippen LogP contribution in [0.2, 0.25) is 0 Å². The Bertz CT molecular complexity index is 515. The standard InChI is InChI=1S/C29H54O2/c1-20(2)25(18-22(4)24-12-8-21(3)9-13-24)14-17-27(30)28(31)19-23-10-15-26(16-11-23)29(5,6)7/h20-26,28,31H,8-19H2,1-7H3/t21?,22-,23?,24?,25?,26?,28?/m0/s1. The van der Waals surface area contributed by atoms with Gasteiger partial charge in [-0.3, -0.25) is 4.79 Å². The second-order valence-electron chi connectivity index (χ2n) is 13.1. The molecule has 0 radical (unpaired) electrons. The summed E-state index contributed by atoms with van der Waals surface area (Å²) in [6.45, 7) is 16.5. The molecule has 2 nitrogen and oxygen atoms in total. The Kier molecular flexibility index (Phi) is 10.6. The molecule has 2 unspecified atom stereocenters. The molecule has 2 aliphatic rings. The summed E-state index contributed by atoms with van der Waals surface area (Å²) in [5.41, 5.74) is 0.387. The van der Waals surface area contributed by atoms with Crippen molar-refractivity contribution < 1.29 is 9.90 Å². The highest BCUT2D eigenvalue weighted by atomic mass is 16.3. The zero-order valence-corrected chi connectivity index (χ0v) is 22.0. The Morgan fingerprint density at radius 3 is 2.03 bits per heavy atom. The van der Waals surface area contributed by atoms with Crippen LogP contribution in [0.4, 0.5) is 0 Å². The lowest BCUT2D eigenvalue weighted by molar-refractivity contribution is -0.128. The third-order valence-electron chi connectivity index (χ3n) is 9.24. The van der Waals surface area contributed by atoms with E-state index in [4.69, 9.17) is 0 Å². The first-order valence-electron chi connectivity index (χ1n) is 13.7. The molecule has 182 valence electrons. The molecule has 0 aliphatic heterocycles. The van der Waals surface area contributed by atoms with Crippen LogP contribution in [-0.2, 0) is 4.79 Å². The second-order valence-corrected chi connectivity index (χ2v) is 13.1. The first-order valence-corrected chi connectivity index (χ1v) is 13.7. The number of carbonyl (C=O) groups excluding carboxylic acids is 1. The Morgan fingerprint density at radius 2 is 1.52 bits per heavy atom. The zero-order chi connectivity index (χ0) is 23.2. The minimum Gasteiger partial charge on any atom is -0.385 e. The minimum absolute atomic E-state index is 0.0998. The molecule has 0 aromatic rings. The Morgan fingerprint density at radius 1 is 0.935 bits per heavy atom. The van der Waals surface area contributed by atoms with E-state index in [1.165, 1.54) is 57.8 Å². The molecule has 0 heterocycles. The summed E-state index contributed by atoms with van der Waals surface area (Å²) >= 11 is 0. The number of hydrogen-bond acceptors (Lipinski definition) is 2. The van der Waals surface area contributed by atoms with Gasteiger partial charge >= 0.3 is 0 Å². The van der Waals surface area contributed by atoms with Gasteiger partial charge in [-0.25, -0.2) is 0 Å². The monoisotopic (exact) mass is 434 g/mol.